The van der Waals surface area contributed by atoms with E-state index in [1.807, 2.05) is 12.4 Å². The molecule has 2 heterocycles. The largest absolute Gasteiger partial charge is 0.467 e. The normalized spacial score (nSPS) is 31.6. The highest BCUT2D eigenvalue weighted by molar-refractivity contribution is 5.27. The minimum atomic E-state index is 0.461. The monoisotopic (exact) mass is 233 g/mol. The van der Waals surface area contributed by atoms with E-state index in [2.05, 4.69) is 28.7 Å². The Bertz CT molecular complexity index is 392. The number of likely N-dealkylation sites (tertiary alicyclic amines) is 1. The van der Waals surface area contributed by atoms with Gasteiger partial charge in [-0.3, -0.25) is 0 Å². The minimum absolute atomic E-state index is 0.461. The lowest BCUT2D eigenvalue weighted by atomic mass is 10.1. The van der Waals surface area contributed by atoms with Crippen LogP contribution in [0.3, 0.4) is 0 Å². The van der Waals surface area contributed by atoms with Crippen LogP contribution in [0.2, 0.25) is 0 Å². The summed E-state index contributed by atoms with van der Waals surface area (Å²) in [5, 5.41) is 0. The van der Waals surface area contributed by atoms with Crippen molar-refractivity contribution in [2.24, 2.45) is 11.8 Å². The molecule has 4 nitrogen and oxygen atoms in total. The Balaban J connectivity index is 1.66. The number of rotatable bonds is 3. The SMILES string of the molecule is COc1ncc(C2C3CN(C(C)C)CC32)cn1. The van der Waals surface area contributed by atoms with Crippen molar-refractivity contribution in [1.29, 1.82) is 0 Å². The molecule has 1 saturated carbocycles. The fourth-order valence-electron chi connectivity index (χ4n) is 3.08. The standard InChI is InChI=1S/C13H19N3O/c1-8(2)16-6-10-11(7-16)12(10)9-4-14-13(17-3)15-5-9/h4-5,8,10-12H,6-7H2,1-3H3. The zero-order valence-electron chi connectivity index (χ0n) is 10.6. The van der Waals surface area contributed by atoms with Crippen molar-refractivity contribution in [3.8, 4) is 6.01 Å². The van der Waals surface area contributed by atoms with Crippen molar-refractivity contribution in [3.05, 3.63) is 18.0 Å². The quantitative estimate of drug-likeness (QED) is 0.793. The predicted octanol–water partition coefficient (Wildman–Crippen LogP) is 1.54. The number of ether oxygens (including phenoxy) is 1. The van der Waals surface area contributed by atoms with Crippen LogP contribution in [-0.2, 0) is 0 Å². The van der Waals surface area contributed by atoms with Crippen LogP contribution in [0.15, 0.2) is 12.4 Å². The highest BCUT2D eigenvalue weighted by Crippen LogP contribution is 2.58. The molecule has 92 valence electrons. The maximum absolute atomic E-state index is 4.98. The van der Waals surface area contributed by atoms with E-state index in [1.165, 1.54) is 18.7 Å². The van der Waals surface area contributed by atoms with Crippen molar-refractivity contribution in [1.82, 2.24) is 14.9 Å². The molecular weight excluding hydrogens is 214 g/mol. The third-order valence-corrected chi connectivity index (χ3v) is 4.17. The van der Waals surface area contributed by atoms with Gasteiger partial charge in [0.15, 0.2) is 0 Å². The Morgan fingerprint density at radius 2 is 1.82 bits per heavy atom. The van der Waals surface area contributed by atoms with E-state index in [0.717, 1.165) is 11.8 Å². The molecule has 0 spiro atoms. The summed E-state index contributed by atoms with van der Waals surface area (Å²) in [5.74, 6) is 2.35. The molecule has 2 atom stereocenters. The van der Waals surface area contributed by atoms with E-state index in [4.69, 9.17) is 4.74 Å². The van der Waals surface area contributed by atoms with Crippen LogP contribution < -0.4 is 4.74 Å². The van der Waals surface area contributed by atoms with Gasteiger partial charge in [-0.05, 0) is 37.2 Å². The second kappa shape index (κ2) is 3.95. The smallest absolute Gasteiger partial charge is 0.316 e. The molecular formula is C13H19N3O. The molecule has 0 amide bonds. The zero-order valence-corrected chi connectivity index (χ0v) is 10.6. The summed E-state index contributed by atoms with van der Waals surface area (Å²) >= 11 is 0. The van der Waals surface area contributed by atoms with E-state index < -0.39 is 0 Å². The Hall–Kier alpha value is -1.16. The lowest BCUT2D eigenvalue weighted by Gasteiger charge is -2.23. The Morgan fingerprint density at radius 3 is 2.29 bits per heavy atom. The third kappa shape index (κ3) is 1.80. The Morgan fingerprint density at radius 1 is 1.24 bits per heavy atom. The van der Waals surface area contributed by atoms with Crippen molar-refractivity contribution < 1.29 is 4.74 Å². The van der Waals surface area contributed by atoms with Crippen LogP contribution in [-0.4, -0.2) is 41.1 Å². The number of aromatic nitrogens is 2. The first-order valence-electron chi connectivity index (χ1n) is 6.30. The molecule has 1 aromatic heterocycles. The van der Waals surface area contributed by atoms with Gasteiger partial charge in [-0.1, -0.05) is 0 Å². The first kappa shape index (κ1) is 11.0. The highest BCUT2D eigenvalue weighted by Gasteiger charge is 2.56. The number of hydrogen-bond donors (Lipinski definition) is 0. The van der Waals surface area contributed by atoms with E-state index in [9.17, 15) is 0 Å². The molecule has 0 aromatic carbocycles. The maximum Gasteiger partial charge on any atom is 0.316 e. The second-order valence-electron chi connectivity index (χ2n) is 5.40. The van der Waals surface area contributed by atoms with Crippen LogP contribution in [0.25, 0.3) is 0 Å². The zero-order chi connectivity index (χ0) is 12.0. The fraction of sp³-hybridized carbons (Fsp3) is 0.692. The van der Waals surface area contributed by atoms with E-state index in [1.54, 1.807) is 7.11 Å². The molecule has 2 aliphatic rings. The van der Waals surface area contributed by atoms with Gasteiger partial charge in [0.2, 0.25) is 0 Å². The van der Waals surface area contributed by atoms with Gasteiger partial charge < -0.3 is 9.64 Å². The molecule has 0 bridgehead atoms. The molecule has 2 unspecified atom stereocenters. The predicted molar refractivity (Wildman–Crippen MR) is 65.0 cm³/mol. The fourth-order valence-corrected chi connectivity index (χ4v) is 3.08. The number of fused-ring (bicyclic) bond motifs is 1. The molecule has 1 aliphatic carbocycles. The van der Waals surface area contributed by atoms with Gasteiger partial charge in [0, 0.05) is 31.5 Å². The Labute approximate surface area is 102 Å². The van der Waals surface area contributed by atoms with Gasteiger partial charge >= 0.3 is 6.01 Å². The molecule has 1 saturated heterocycles. The van der Waals surface area contributed by atoms with Crippen LogP contribution in [0.4, 0.5) is 0 Å². The molecule has 2 fully saturated rings. The van der Waals surface area contributed by atoms with Gasteiger partial charge in [-0.15, -0.1) is 0 Å². The average molecular weight is 233 g/mol. The van der Waals surface area contributed by atoms with Crippen LogP contribution in [0.1, 0.15) is 25.3 Å². The summed E-state index contributed by atoms with van der Waals surface area (Å²) in [4.78, 5) is 11.0. The number of hydrogen-bond acceptors (Lipinski definition) is 4. The third-order valence-electron chi connectivity index (χ3n) is 4.17. The number of piperidine rings is 1. The molecule has 1 aliphatic heterocycles. The van der Waals surface area contributed by atoms with Gasteiger partial charge in [-0.25, -0.2) is 9.97 Å². The average Bonchev–Trinajstić information content (AvgIpc) is 2.83. The van der Waals surface area contributed by atoms with Crippen molar-refractivity contribution in [2.45, 2.75) is 25.8 Å². The maximum atomic E-state index is 4.98. The van der Waals surface area contributed by atoms with Gasteiger partial charge in [0.05, 0.1) is 7.11 Å². The summed E-state index contributed by atoms with van der Waals surface area (Å²) in [6.45, 7) is 7.02. The first-order valence-corrected chi connectivity index (χ1v) is 6.30. The molecule has 1 aromatic rings. The highest BCUT2D eigenvalue weighted by atomic mass is 16.5. The van der Waals surface area contributed by atoms with E-state index >= 15 is 0 Å². The molecule has 0 radical (unpaired) electrons. The number of methoxy groups -OCH3 is 1. The van der Waals surface area contributed by atoms with Crippen molar-refractivity contribution in [2.75, 3.05) is 20.2 Å². The molecule has 0 N–H and O–H groups in total. The topological polar surface area (TPSA) is 38.2 Å². The summed E-state index contributed by atoms with van der Waals surface area (Å²) in [6, 6.07) is 1.14. The van der Waals surface area contributed by atoms with E-state index in [0.29, 0.717) is 18.0 Å². The summed E-state index contributed by atoms with van der Waals surface area (Å²) in [7, 11) is 1.60. The summed E-state index contributed by atoms with van der Waals surface area (Å²) in [6.07, 6.45) is 3.85. The second-order valence-corrected chi connectivity index (χ2v) is 5.40. The minimum Gasteiger partial charge on any atom is -0.467 e. The van der Waals surface area contributed by atoms with Gasteiger partial charge in [-0.2, -0.15) is 0 Å². The molecule has 17 heavy (non-hydrogen) atoms. The first-order chi connectivity index (χ1) is 8.20. The Kier molecular flexibility index (Phi) is 2.54. The number of nitrogens with zero attached hydrogens (tertiary/aromatic N) is 3. The lowest BCUT2D eigenvalue weighted by molar-refractivity contribution is 0.243. The van der Waals surface area contributed by atoms with Crippen LogP contribution in [0.5, 0.6) is 6.01 Å². The van der Waals surface area contributed by atoms with Crippen LogP contribution in [0, 0.1) is 11.8 Å². The summed E-state index contributed by atoms with van der Waals surface area (Å²) in [5.41, 5.74) is 1.28. The van der Waals surface area contributed by atoms with E-state index in [-0.39, 0.29) is 0 Å². The molecule has 3 rings (SSSR count). The molecule has 4 heteroatoms. The van der Waals surface area contributed by atoms with Gasteiger partial charge in [0.25, 0.3) is 0 Å². The lowest BCUT2D eigenvalue weighted by Crippen LogP contribution is -2.30. The van der Waals surface area contributed by atoms with Crippen LogP contribution >= 0.6 is 0 Å². The van der Waals surface area contributed by atoms with Crippen molar-refractivity contribution in [3.63, 3.8) is 0 Å². The van der Waals surface area contributed by atoms with Crippen molar-refractivity contribution >= 4 is 0 Å². The van der Waals surface area contributed by atoms with Gasteiger partial charge in [0.1, 0.15) is 0 Å². The summed E-state index contributed by atoms with van der Waals surface area (Å²) < 4.78 is 4.98.